The number of aliphatic imine (C=N–C) groups is 1. The molecule has 1 amide bonds. The third-order valence-electron chi connectivity index (χ3n) is 6.11. The molecule has 0 atom stereocenters. The minimum absolute atomic E-state index is 0.0554. The fourth-order valence-corrected chi connectivity index (χ4v) is 5.61. The van der Waals surface area contributed by atoms with Gasteiger partial charge in [-0.3, -0.25) is 9.69 Å². The number of ether oxygens (including phenoxy) is 1. The highest BCUT2D eigenvalue weighted by atomic mass is 79.9. The summed E-state index contributed by atoms with van der Waals surface area (Å²) in [6.07, 6.45) is 2.79. The number of amides is 1. The number of nitrogens with zero attached hydrogens (tertiary/aromatic N) is 2. The Kier molecular flexibility index (Phi) is 7.25. The number of hydrogen-bond acceptors (Lipinski definition) is 4. The third kappa shape index (κ3) is 5.11. The summed E-state index contributed by atoms with van der Waals surface area (Å²) < 4.78 is 6.97. The summed E-state index contributed by atoms with van der Waals surface area (Å²) >= 11 is 5.03. The number of benzene rings is 4. The molecule has 0 N–H and O–H groups in total. The van der Waals surface area contributed by atoms with Crippen molar-refractivity contribution in [3.8, 4) is 5.75 Å². The van der Waals surface area contributed by atoms with E-state index in [1.54, 1.807) is 11.9 Å². The summed E-state index contributed by atoms with van der Waals surface area (Å²) in [5, 5.41) is 3.07. The molecule has 1 heterocycles. The van der Waals surface area contributed by atoms with Crippen molar-refractivity contribution < 1.29 is 9.53 Å². The molecular formula is C30H25BrN2O2S. The van der Waals surface area contributed by atoms with Crippen molar-refractivity contribution in [3.05, 3.63) is 111 Å². The zero-order valence-corrected chi connectivity index (χ0v) is 22.5. The molecule has 0 spiro atoms. The van der Waals surface area contributed by atoms with Gasteiger partial charge in [0.05, 0.1) is 15.1 Å². The van der Waals surface area contributed by atoms with Crippen molar-refractivity contribution in [2.75, 3.05) is 7.05 Å². The number of rotatable bonds is 6. The van der Waals surface area contributed by atoms with Crippen molar-refractivity contribution in [2.24, 2.45) is 4.99 Å². The molecule has 1 fully saturated rings. The van der Waals surface area contributed by atoms with E-state index in [9.17, 15) is 4.79 Å². The van der Waals surface area contributed by atoms with Crippen molar-refractivity contribution in [2.45, 2.75) is 20.0 Å². The van der Waals surface area contributed by atoms with Crippen LogP contribution in [0.3, 0.4) is 0 Å². The molecule has 4 nitrogen and oxygen atoms in total. The highest BCUT2D eigenvalue weighted by Crippen LogP contribution is 2.35. The van der Waals surface area contributed by atoms with Crippen LogP contribution >= 0.6 is 27.7 Å². The predicted octanol–water partition coefficient (Wildman–Crippen LogP) is 7.98. The van der Waals surface area contributed by atoms with E-state index in [4.69, 9.17) is 9.73 Å². The third-order valence-corrected chi connectivity index (χ3v) is 7.79. The molecule has 6 heteroatoms. The number of aryl methyl sites for hydroxylation is 1. The number of hydrogen-bond donors (Lipinski definition) is 0. The first-order chi connectivity index (χ1) is 17.5. The quantitative estimate of drug-likeness (QED) is 0.226. The summed E-state index contributed by atoms with van der Waals surface area (Å²) in [5.41, 5.74) is 4.11. The first kappa shape index (κ1) is 24.3. The van der Waals surface area contributed by atoms with E-state index in [0.717, 1.165) is 39.0 Å². The largest absolute Gasteiger partial charge is 0.488 e. The second-order valence-electron chi connectivity index (χ2n) is 8.47. The van der Waals surface area contributed by atoms with Crippen molar-refractivity contribution in [3.63, 3.8) is 0 Å². The minimum atomic E-state index is -0.0554. The van der Waals surface area contributed by atoms with E-state index in [0.29, 0.717) is 16.7 Å². The highest BCUT2D eigenvalue weighted by molar-refractivity contribution is 9.10. The summed E-state index contributed by atoms with van der Waals surface area (Å²) in [7, 11) is 1.77. The molecule has 0 saturated carbocycles. The monoisotopic (exact) mass is 556 g/mol. The lowest BCUT2D eigenvalue weighted by Crippen LogP contribution is -2.23. The standard InChI is InChI=1S/C30H25BrN2O2S/c1-3-21-9-5-7-14-26(21)32-30-33(2)29(34)28(36-30)18-20-15-16-27(25(31)17-20)35-19-23-12-8-11-22-10-4-6-13-24(22)23/h4-18H,3,19H2,1-2H3/b28-18+,32-30?. The lowest BCUT2D eigenvalue weighted by molar-refractivity contribution is -0.121. The minimum Gasteiger partial charge on any atom is -0.488 e. The van der Waals surface area contributed by atoms with Crippen LogP contribution in [0.4, 0.5) is 5.69 Å². The number of halogens is 1. The van der Waals surface area contributed by atoms with Crippen LogP contribution in [0.25, 0.3) is 16.8 Å². The number of likely N-dealkylation sites (N-methyl/N-ethyl adjacent to an activating group) is 1. The van der Waals surface area contributed by atoms with E-state index in [2.05, 4.69) is 59.3 Å². The van der Waals surface area contributed by atoms with Gasteiger partial charge in [0, 0.05) is 7.05 Å². The van der Waals surface area contributed by atoms with E-state index < -0.39 is 0 Å². The molecule has 0 radical (unpaired) electrons. The molecule has 1 saturated heterocycles. The number of carbonyl (C=O) groups excluding carboxylic acids is 1. The van der Waals surface area contributed by atoms with Crippen LogP contribution in [-0.2, 0) is 17.8 Å². The van der Waals surface area contributed by atoms with E-state index in [-0.39, 0.29) is 5.91 Å². The van der Waals surface area contributed by atoms with Crippen LogP contribution < -0.4 is 4.74 Å². The van der Waals surface area contributed by atoms with Gasteiger partial charge in [-0.05, 0) is 85.9 Å². The molecule has 0 aromatic heterocycles. The van der Waals surface area contributed by atoms with Gasteiger partial charge in [-0.2, -0.15) is 0 Å². The molecular weight excluding hydrogens is 532 g/mol. The maximum Gasteiger partial charge on any atom is 0.266 e. The topological polar surface area (TPSA) is 41.9 Å². The molecule has 1 aliphatic rings. The average Bonchev–Trinajstić information content (AvgIpc) is 3.16. The van der Waals surface area contributed by atoms with Crippen molar-refractivity contribution >= 4 is 61.3 Å². The Balaban J connectivity index is 1.33. The van der Waals surface area contributed by atoms with E-state index in [1.807, 2.05) is 54.6 Å². The van der Waals surface area contributed by atoms with Crippen LogP contribution in [0, 0.1) is 0 Å². The summed E-state index contributed by atoms with van der Waals surface area (Å²) in [5.74, 6) is 0.700. The fourth-order valence-electron chi connectivity index (χ4n) is 4.12. The molecule has 36 heavy (non-hydrogen) atoms. The van der Waals surface area contributed by atoms with Crippen LogP contribution in [0.1, 0.15) is 23.6 Å². The molecule has 0 aliphatic carbocycles. The second kappa shape index (κ2) is 10.7. The number of thioether (sulfide) groups is 1. The van der Waals surface area contributed by atoms with Gasteiger partial charge in [0.2, 0.25) is 0 Å². The van der Waals surface area contributed by atoms with Crippen molar-refractivity contribution in [1.29, 1.82) is 0 Å². The lowest BCUT2D eigenvalue weighted by atomic mass is 10.1. The molecule has 180 valence electrons. The highest BCUT2D eigenvalue weighted by Gasteiger charge is 2.30. The second-order valence-corrected chi connectivity index (χ2v) is 10.3. The molecule has 0 unspecified atom stereocenters. The fraction of sp³-hybridized carbons (Fsp3) is 0.133. The SMILES string of the molecule is CCc1ccccc1N=C1S/C(=C/c2ccc(OCc3cccc4ccccc34)c(Br)c2)C(=O)N1C. The van der Waals surface area contributed by atoms with Gasteiger partial charge in [-0.1, -0.05) is 73.7 Å². The van der Waals surface area contributed by atoms with Crippen LogP contribution in [-0.4, -0.2) is 23.0 Å². The van der Waals surface area contributed by atoms with Crippen LogP contribution in [0.15, 0.2) is 99.3 Å². The number of amidine groups is 1. The predicted molar refractivity (Wildman–Crippen MR) is 154 cm³/mol. The Morgan fingerprint density at radius 1 is 0.972 bits per heavy atom. The van der Waals surface area contributed by atoms with E-state index in [1.165, 1.54) is 22.5 Å². The Hall–Kier alpha value is -3.35. The molecule has 5 rings (SSSR count). The normalized spacial score (nSPS) is 15.9. The van der Waals surface area contributed by atoms with Gasteiger partial charge >= 0.3 is 0 Å². The van der Waals surface area contributed by atoms with Gasteiger partial charge in [0.25, 0.3) is 5.91 Å². The number of para-hydroxylation sites is 1. The number of carbonyl (C=O) groups is 1. The Morgan fingerprint density at radius 2 is 1.72 bits per heavy atom. The number of fused-ring (bicyclic) bond motifs is 1. The zero-order chi connectivity index (χ0) is 25.1. The van der Waals surface area contributed by atoms with Crippen molar-refractivity contribution in [1.82, 2.24) is 4.90 Å². The van der Waals surface area contributed by atoms with Gasteiger partial charge in [0.1, 0.15) is 12.4 Å². The Bertz CT molecular complexity index is 1510. The van der Waals surface area contributed by atoms with Gasteiger partial charge in [0.15, 0.2) is 5.17 Å². The smallest absolute Gasteiger partial charge is 0.266 e. The van der Waals surface area contributed by atoms with Gasteiger partial charge < -0.3 is 4.74 Å². The van der Waals surface area contributed by atoms with Crippen LogP contribution in [0.2, 0.25) is 0 Å². The van der Waals surface area contributed by atoms with Gasteiger partial charge in [-0.15, -0.1) is 0 Å². The first-order valence-electron chi connectivity index (χ1n) is 11.8. The average molecular weight is 558 g/mol. The molecule has 4 aromatic carbocycles. The Morgan fingerprint density at radius 3 is 2.56 bits per heavy atom. The van der Waals surface area contributed by atoms with Crippen LogP contribution in [0.5, 0.6) is 5.75 Å². The summed E-state index contributed by atoms with van der Waals surface area (Å²) in [6.45, 7) is 2.58. The summed E-state index contributed by atoms with van der Waals surface area (Å²) in [4.78, 5) is 19.9. The van der Waals surface area contributed by atoms with Gasteiger partial charge in [-0.25, -0.2) is 4.99 Å². The summed E-state index contributed by atoms with van der Waals surface area (Å²) in [6, 6.07) is 28.5. The van der Waals surface area contributed by atoms with E-state index >= 15 is 0 Å². The molecule has 1 aliphatic heterocycles. The maximum atomic E-state index is 12.9. The molecule has 0 bridgehead atoms. The zero-order valence-electron chi connectivity index (χ0n) is 20.1. The lowest BCUT2D eigenvalue weighted by Gasteiger charge is -2.11. The Labute approximate surface area is 223 Å². The maximum absolute atomic E-state index is 12.9. The molecule has 4 aromatic rings. The first-order valence-corrected chi connectivity index (χ1v) is 13.4.